The van der Waals surface area contributed by atoms with Crippen LogP contribution in [-0.4, -0.2) is 24.2 Å². The summed E-state index contributed by atoms with van der Waals surface area (Å²) in [6.45, 7) is 6.48. The zero-order chi connectivity index (χ0) is 25.8. The van der Waals surface area contributed by atoms with E-state index in [9.17, 15) is 30.4 Å². The van der Waals surface area contributed by atoms with Crippen molar-refractivity contribution in [3.63, 3.8) is 0 Å². The van der Waals surface area contributed by atoms with Crippen molar-refractivity contribution < 1.29 is 30.4 Å². The smallest absolute Gasteiger partial charge is 0.347 e. The largest absolute Gasteiger partial charge is 0.417 e. The van der Waals surface area contributed by atoms with Gasteiger partial charge in [0.1, 0.15) is 0 Å². The summed E-state index contributed by atoms with van der Waals surface area (Å²) in [5.74, 6) is -2.95. The molecule has 1 heterocycles. The fourth-order valence-electron chi connectivity index (χ4n) is 4.42. The lowest BCUT2D eigenvalue weighted by atomic mass is 9.94. The van der Waals surface area contributed by atoms with E-state index in [1.807, 2.05) is 25.3 Å². The molecule has 0 atom stereocenters. The fourth-order valence-corrected chi connectivity index (χ4v) is 5.94. The molecule has 190 valence electrons. The minimum Gasteiger partial charge on any atom is -0.347 e. The molecule has 1 N–H and O–H groups in total. The van der Waals surface area contributed by atoms with Crippen LogP contribution in [0.15, 0.2) is 48.7 Å². The minimum atomic E-state index is -4.51. The first kappa shape index (κ1) is 25.6. The summed E-state index contributed by atoms with van der Waals surface area (Å²) < 4.78 is 96.4. The Kier molecular flexibility index (Phi) is 6.29. The molecule has 1 aliphatic rings. The van der Waals surface area contributed by atoms with Crippen LogP contribution in [0.5, 0.6) is 0 Å². The van der Waals surface area contributed by atoms with Gasteiger partial charge in [0.05, 0.1) is 10.8 Å². The molecule has 1 aromatic heterocycles. The monoisotopic (exact) mass is 514 g/mol. The van der Waals surface area contributed by atoms with Crippen molar-refractivity contribution >= 4 is 20.9 Å². The Labute approximate surface area is 201 Å². The first-order valence-electron chi connectivity index (χ1n) is 11.2. The predicted octanol–water partition coefficient (Wildman–Crippen LogP) is 6.59. The van der Waals surface area contributed by atoms with Gasteiger partial charge in [0.15, 0.2) is 0 Å². The van der Waals surface area contributed by atoms with Gasteiger partial charge in [-0.1, -0.05) is 51.1 Å². The summed E-state index contributed by atoms with van der Waals surface area (Å²) in [6, 6.07) is 10.3. The van der Waals surface area contributed by atoms with Gasteiger partial charge in [0.25, 0.3) is 5.92 Å². The lowest BCUT2D eigenvalue weighted by Gasteiger charge is -2.34. The zero-order valence-corrected chi connectivity index (χ0v) is 20.4. The van der Waals surface area contributed by atoms with Gasteiger partial charge < -0.3 is 4.57 Å². The molecule has 1 aliphatic carbocycles. The normalized spacial score (nSPS) is 17.0. The van der Waals surface area contributed by atoms with Crippen LogP contribution in [0.3, 0.4) is 0 Å². The Morgan fingerprint density at radius 1 is 1.06 bits per heavy atom. The highest BCUT2D eigenvalue weighted by Crippen LogP contribution is 2.41. The van der Waals surface area contributed by atoms with Crippen LogP contribution in [0.2, 0.25) is 0 Å². The molecule has 0 unspecified atom stereocenters. The Morgan fingerprint density at radius 2 is 1.71 bits per heavy atom. The van der Waals surface area contributed by atoms with E-state index in [0.717, 1.165) is 6.07 Å². The molecular weight excluding hydrogens is 487 g/mol. The molecule has 4 nitrogen and oxygen atoms in total. The maximum absolute atomic E-state index is 13.6. The van der Waals surface area contributed by atoms with Crippen molar-refractivity contribution in [3.8, 4) is 11.1 Å². The molecule has 0 bridgehead atoms. The summed E-state index contributed by atoms with van der Waals surface area (Å²) in [6.07, 6.45) is -4.14. The van der Waals surface area contributed by atoms with Gasteiger partial charge in [0, 0.05) is 43.0 Å². The lowest BCUT2D eigenvalue weighted by Crippen LogP contribution is -2.48. The molecule has 10 heteroatoms. The van der Waals surface area contributed by atoms with E-state index in [1.54, 1.807) is 30.5 Å². The maximum atomic E-state index is 13.6. The van der Waals surface area contributed by atoms with Gasteiger partial charge in [-0.15, -0.1) is 0 Å². The van der Waals surface area contributed by atoms with Gasteiger partial charge in [0.2, 0.25) is 10.0 Å². The molecule has 0 aliphatic heterocycles. The summed E-state index contributed by atoms with van der Waals surface area (Å²) in [4.78, 5) is 0. The number of alkyl halides is 5. The van der Waals surface area contributed by atoms with E-state index in [1.165, 1.54) is 12.1 Å². The van der Waals surface area contributed by atoms with Crippen LogP contribution in [0.1, 0.15) is 44.7 Å². The Balaban J connectivity index is 1.72. The van der Waals surface area contributed by atoms with E-state index >= 15 is 0 Å². The Hall–Kier alpha value is -2.46. The summed E-state index contributed by atoms with van der Waals surface area (Å²) in [5, 5.41) is -0.449. The lowest BCUT2D eigenvalue weighted by molar-refractivity contribution is -0.137. The Bertz CT molecular complexity index is 1350. The molecule has 3 aromatic rings. The number of hydrogen-bond acceptors (Lipinski definition) is 2. The van der Waals surface area contributed by atoms with Crippen molar-refractivity contribution in [2.75, 3.05) is 0 Å². The van der Waals surface area contributed by atoms with Crippen LogP contribution in [0, 0.1) is 5.41 Å². The van der Waals surface area contributed by atoms with Gasteiger partial charge in [-0.25, -0.2) is 21.9 Å². The van der Waals surface area contributed by atoms with E-state index in [2.05, 4.69) is 4.72 Å². The molecule has 4 rings (SSSR count). The highest BCUT2D eigenvalue weighted by Gasteiger charge is 2.51. The third kappa shape index (κ3) is 5.53. The molecular formula is C25H27F5N2O2S. The summed E-state index contributed by atoms with van der Waals surface area (Å²) >= 11 is 0. The van der Waals surface area contributed by atoms with Crippen LogP contribution in [0.25, 0.3) is 22.0 Å². The summed E-state index contributed by atoms with van der Waals surface area (Å²) in [5.41, 5.74) is 0.827. The molecule has 0 saturated heterocycles. The third-order valence-corrected chi connectivity index (χ3v) is 7.87. The molecule has 0 radical (unpaired) electrons. The number of hydrogen-bond donors (Lipinski definition) is 1. The number of nitrogens with one attached hydrogen (secondary N) is 1. The number of nitrogens with zero attached hydrogens (tertiary/aromatic N) is 1. The quantitative estimate of drug-likeness (QED) is 0.377. The van der Waals surface area contributed by atoms with E-state index in [-0.39, 0.29) is 17.5 Å². The van der Waals surface area contributed by atoms with Gasteiger partial charge in [-0.2, -0.15) is 13.2 Å². The van der Waals surface area contributed by atoms with Crippen molar-refractivity contribution in [1.29, 1.82) is 0 Å². The van der Waals surface area contributed by atoms with E-state index < -0.39 is 45.8 Å². The highest BCUT2D eigenvalue weighted by molar-refractivity contribution is 7.90. The standard InChI is InChI=1S/C25H27F5N2O2S/c1-23(2,3)15-32-14-17(13-31-35(33,34)18-11-24(26,27)12-18)20-9-8-16(10-22(20)32)19-6-4-5-7-21(19)25(28,29)30/h4-10,14,18,31H,11-13,15H2,1-3H3. The van der Waals surface area contributed by atoms with Crippen LogP contribution in [0.4, 0.5) is 22.0 Å². The van der Waals surface area contributed by atoms with E-state index in [0.29, 0.717) is 28.6 Å². The fraction of sp³-hybridized carbons (Fsp3) is 0.440. The second-order valence-corrected chi connectivity index (χ2v) is 12.4. The average Bonchev–Trinajstić information content (AvgIpc) is 3.05. The van der Waals surface area contributed by atoms with Crippen molar-refractivity contribution in [2.45, 2.75) is 64.1 Å². The SMILES string of the molecule is CC(C)(C)Cn1cc(CNS(=O)(=O)C2CC(F)(F)C2)c2ccc(-c3ccccc3C(F)(F)F)cc21. The van der Waals surface area contributed by atoms with Crippen LogP contribution < -0.4 is 4.72 Å². The van der Waals surface area contributed by atoms with Gasteiger partial charge in [-0.05, 0) is 34.2 Å². The number of benzene rings is 2. The molecule has 2 aromatic carbocycles. The molecule has 35 heavy (non-hydrogen) atoms. The number of rotatable bonds is 6. The minimum absolute atomic E-state index is 0.0542. The highest BCUT2D eigenvalue weighted by atomic mass is 32.2. The molecule has 1 fully saturated rings. The second kappa shape index (κ2) is 8.58. The molecule has 0 amide bonds. The summed E-state index contributed by atoms with van der Waals surface area (Å²) in [7, 11) is -3.92. The first-order valence-corrected chi connectivity index (χ1v) is 12.8. The van der Waals surface area contributed by atoms with Crippen LogP contribution >= 0.6 is 0 Å². The molecule has 1 saturated carbocycles. The number of fused-ring (bicyclic) bond motifs is 1. The van der Waals surface area contributed by atoms with Gasteiger partial charge in [-0.3, -0.25) is 0 Å². The second-order valence-electron chi connectivity index (χ2n) is 10.4. The van der Waals surface area contributed by atoms with E-state index in [4.69, 9.17) is 0 Å². The van der Waals surface area contributed by atoms with Crippen molar-refractivity contribution in [1.82, 2.24) is 9.29 Å². The van der Waals surface area contributed by atoms with Gasteiger partial charge >= 0.3 is 6.18 Å². The zero-order valence-electron chi connectivity index (χ0n) is 19.6. The Morgan fingerprint density at radius 3 is 2.31 bits per heavy atom. The van der Waals surface area contributed by atoms with Crippen molar-refractivity contribution in [3.05, 3.63) is 59.8 Å². The third-order valence-electron chi connectivity index (χ3n) is 6.11. The average molecular weight is 515 g/mol. The molecule has 0 spiro atoms. The topological polar surface area (TPSA) is 51.1 Å². The predicted molar refractivity (Wildman–Crippen MR) is 126 cm³/mol. The number of halogens is 5. The van der Waals surface area contributed by atoms with Crippen molar-refractivity contribution in [2.24, 2.45) is 5.41 Å². The first-order chi connectivity index (χ1) is 16.1. The number of aromatic nitrogens is 1. The maximum Gasteiger partial charge on any atom is 0.417 e. The van der Waals surface area contributed by atoms with Crippen LogP contribution in [-0.2, 0) is 29.3 Å². The number of sulfonamides is 1.